The molecule has 1 aromatic rings. The first-order chi connectivity index (χ1) is 9.13. The van der Waals surface area contributed by atoms with Gasteiger partial charge >= 0.3 is 0 Å². The van der Waals surface area contributed by atoms with Gasteiger partial charge in [0.1, 0.15) is 5.75 Å². The van der Waals surface area contributed by atoms with Gasteiger partial charge in [-0.2, -0.15) is 0 Å². The summed E-state index contributed by atoms with van der Waals surface area (Å²) in [6.45, 7) is 4.17. The second-order valence-corrected chi connectivity index (χ2v) is 5.10. The zero-order valence-electron chi connectivity index (χ0n) is 12.0. The average Bonchev–Trinajstić information content (AvgIpc) is 2.37. The van der Waals surface area contributed by atoms with Crippen LogP contribution in [-0.4, -0.2) is 11.2 Å². The first-order valence-electron chi connectivity index (χ1n) is 7.28. The molecular weight excluding hydrogens is 243 g/mol. The normalized spacial score (nSPS) is 12.4. The van der Waals surface area contributed by atoms with Crippen LogP contribution in [0.5, 0.6) is 11.5 Å². The third-order valence-corrected chi connectivity index (χ3v) is 3.21. The Hall–Kier alpha value is -1.25. The predicted octanol–water partition coefficient (Wildman–Crippen LogP) is 5.05. The molecule has 0 radical (unpaired) electrons. The van der Waals surface area contributed by atoms with Gasteiger partial charge in [-0.05, 0) is 31.9 Å². The third-order valence-electron chi connectivity index (χ3n) is 3.21. The van der Waals surface area contributed by atoms with E-state index < -0.39 is 5.82 Å². The quantitative estimate of drug-likeness (QED) is 0.635. The topological polar surface area (TPSA) is 29.5 Å². The summed E-state index contributed by atoms with van der Waals surface area (Å²) >= 11 is 0. The van der Waals surface area contributed by atoms with Gasteiger partial charge in [-0.3, -0.25) is 0 Å². The fraction of sp³-hybridized carbons (Fsp3) is 0.625. The second kappa shape index (κ2) is 8.78. The van der Waals surface area contributed by atoms with Gasteiger partial charge in [-0.15, -0.1) is 0 Å². The van der Waals surface area contributed by atoms with Crippen molar-refractivity contribution in [2.24, 2.45) is 0 Å². The summed E-state index contributed by atoms with van der Waals surface area (Å²) in [5.74, 6) is -0.362. The van der Waals surface area contributed by atoms with E-state index in [1.807, 2.05) is 6.92 Å². The van der Waals surface area contributed by atoms with Crippen LogP contribution in [0.25, 0.3) is 0 Å². The number of ether oxygens (including phenoxy) is 1. The lowest BCUT2D eigenvalue weighted by molar-refractivity contribution is 0.197. The lowest BCUT2D eigenvalue weighted by atomic mass is 10.1. The van der Waals surface area contributed by atoms with Gasteiger partial charge in [0.15, 0.2) is 11.6 Å². The monoisotopic (exact) mass is 268 g/mol. The molecule has 3 heteroatoms. The molecule has 0 amide bonds. The SMILES string of the molecule is CCCCCCCCC(C)Oc1ccc(O)cc1F. The van der Waals surface area contributed by atoms with E-state index in [4.69, 9.17) is 9.84 Å². The van der Waals surface area contributed by atoms with Gasteiger partial charge in [-0.1, -0.05) is 39.0 Å². The Morgan fingerprint density at radius 1 is 1.16 bits per heavy atom. The van der Waals surface area contributed by atoms with Crippen LogP contribution < -0.4 is 4.74 Å². The van der Waals surface area contributed by atoms with Crippen LogP contribution in [0.15, 0.2) is 18.2 Å². The van der Waals surface area contributed by atoms with E-state index in [-0.39, 0.29) is 17.6 Å². The smallest absolute Gasteiger partial charge is 0.168 e. The van der Waals surface area contributed by atoms with Crippen molar-refractivity contribution < 1.29 is 14.2 Å². The van der Waals surface area contributed by atoms with Gasteiger partial charge in [0, 0.05) is 6.07 Å². The Morgan fingerprint density at radius 3 is 2.53 bits per heavy atom. The van der Waals surface area contributed by atoms with Crippen LogP contribution >= 0.6 is 0 Å². The summed E-state index contributed by atoms with van der Waals surface area (Å²) in [6.07, 6.45) is 8.42. The number of halogens is 1. The fourth-order valence-corrected chi connectivity index (χ4v) is 2.07. The molecule has 1 unspecified atom stereocenters. The summed E-state index contributed by atoms with van der Waals surface area (Å²) in [6, 6.07) is 3.99. The van der Waals surface area contributed by atoms with Crippen molar-refractivity contribution in [3.63, 3.8) is 0 Å². The van der Waals surface area contributed by atoms with Gasteiger partial charge < -0.3 is 9.84 Å². The van der Waals surface area contributed by atoms with E-state index in [0.717, 1.165) is 18.9 Å². The second-order valence-electron chi connectivity index (χ2n) is 5.10. The molecule has 0 fully saturated rings. The highest BCUT2D eigenvalue weighted by Gasteiger charge is 2.09. The Morgan fingerprint density at radius 2 is 1.84 bits per heavy atom. The summed E-state index contributed by atoms with van der Waals surface area (Å²) in [5.41, 5.74) is 0. The molecule has 0 heterocycles. The van der Waals surface area contributed by atoms with Crippen LogP contribution in [0.2, 0.25) is 0 Å². The van der Waals surface area contributed by atoms with E-state index in [1.54, 1.807) is 0 Å². The molecule has 0 aliphatic rings. The standard InChI is InChI=1S/C16H25FO2/c1-3-4-5-6-7-8-9-13(2)19-16-11-10-14(18)12-15(16)17/h10-13,18H,3-9H2,1-2H3. The number of benzene rings is 1. The van der Waals surface area contributed by atoms with E-state index in [1.165, 1.54) is 44.2 Å². The molecule has 0 aliphatic heterocycles. The van der Waals surface area contributed by atoms with Gasteiger partial charge in [0.2, 0.25) is 0 Å². The van der Waals surface area contributed by atoms with Crippen LogP contribution in [-0.2, 0) is 0 Å². The maximum Gasteiger partial charge on any atom is 0.168 e. The number of hydrogen-bond acceptors (Lipinski definition) is 2. The minimum atomic E-state index is -0.505. The molecule has 1 aromatic carbocycles. The summed E-state index contributed by atoms with van der Waals surface area (Å²) in [7, 11) is 0. The number of phenolic OH excluding ortho intramolecular Hbond substituents is 1. The lowest BCUT2D eigenvalue weighted by Crippen LogP contribution is -2.12. The molecular formula is C16H25FO2. The van der Waals surface area contributed by atoms with Crippen molar-refractivity contribution in [2.75, 3.05) is 0 Å². The number of aromatic hydroxyl groups is 1. The van der Waals surface area contributed by atoms with Crippen LogP contribution in [0, 0.1) is 5.82 Å². The maximum absolute atomic E-state index is 13.5. The van der Waals surface area contributed by atoms with Gasteiger partial charge in [0.05, 0.1) is 6.10 Å². The highest BCUT2D eigenvalue weighted by molar-refractivity contribution is 5.32. The summed E-state index contributed by atoms with van der Waals surface area (Å²) in [4.78, 5) is 0. The van der Waals surface area contributed by atoms with Crippen molar-refractivity contribution in [1.29, 1.82) is 0 Å². The Bertz CT molecular complexity index is 366. The highest BCUT2D eigenvalue weighted by Crippen LogP contribution is 2.23. The van der Waals surface area contributed by atoms with Crippen molar-refractivity contribution >= 4 is 0 Å². The molecule has 2 nitrogen and oxygen atoms in total. The molecule has 0 saturated carbocycles. The molecule has 0 aromatic heterocycles. The zero-order valence-corrected chi connectivity index (χ0v) is 12.0. The van der Waals surface area contributed by atoms with Gasteiger partial charge in [0.25, 0.3) is 0 Å². The van der Waals surface area contributed by atoms with Crippen LogP contribution in [0.1, 0.15) is 58.8 Å². The molecule has 0 aliphatic carbocycles. The Kier molecular flexibility index (Phi) is 7.31. The largest absolute Gasteiger partial charge is 0.508 e. The van der Waals surface area contributed by atoms with E-state index in [9.17, 15) is 4.39 Å². The first-order valence-corrected chi connectivity index (χ1v) is 7.28. The zero-order chi connectivity index (χ0) is 14.1. The van der Waals surface area contributed by atoms with E-state index >= 15 is 0 Å². The van der Waals surface area contributed by atoms with Crippen LogP contribution in [0.4, 0.5) is 4.39 Å². The van der Waals surface area contributed by atoms with Gasteiger partial charge in [-0.25, -0.2) is 4.39 Å². The minimum Gasteiger partial charge on any atom is -0.508 e. The molecule has 19 heavy (non-hydrogen) atoms. The van der Waals surface area contributed by atoms with Crippen molar-refractivity contribution in [3.05, 3.63) is 24.0 Å². The fourth-order valence-electron chi connectivity index (χ4n) is 2.07. The third kappa shape index (κ3) is 6.46. The number of hydrogen-bond donors (Lipinski definition) is 1. The molecule has 0 spiro atoms. The number of unbranched alkanes of at least 4 members (excludes halogenated alkanes) is 5. The van der Waals surface area contributed by atoms with E-state index in [2.05, 4.69) is 6.92 Å². The van der Waals surface area contributed by atoms with Crippen molar-refractivity contribution in [1.82, 2.24) is 0 Å². The van der Waals surface area contributed by atoms with Crippen molar-refractivity contribution in [2.45, 2.75) is 64.9 Å². The van der Waals surface area contributed by atoms with Crippen LogP contribution in [0.3, 0.4) is 0 Å². The predicted molar refractivity (Wildman–Crippen MR) is 76.1 cm³/mol. The molecule has 0 saturated heterocycles. The first kappa shape index (κ1) is 15.8. The molecule has 108 valence electrons. The summed E-state index contributed by atoms with van der Waals surface area (Å²) < 4.78 is 19.0. The molecule has 1 rings (SSSR count). The molecule has 0 bridgehead atoms. The van der Waals surface area contributed by atoms with E-state index in [0.29, 0.717) is 0 Å². The van der Waals surface area contributed by atoms with Crippen molar-refractivity contribution in [3.8, 4) is 11.5 Å². The minimum absolute atomic E-state index is 0.00483. The molecule has 1 atom stereocenters. The number of rotatable bonds is 9. The lowest BCUT2D eigenvalue weighted by Gasteiger charge is -2.15. The summed E-state index contributed by atoms with van der Waals surface area (Å²) in [5, 5.41) is 9.12. The Labute approximate surface area is 115 Å². The average molecular weight is 268 g/mol. The molecule has 1 N–H and O–H groups in total. The highest BCUT2D eigenvalue weighted by atomic mass is 19.1. The Balaban J connectivity index is 2.21. The maximum atomic E-state index is 13.5. The number of phenols is 1.